The van der Waals surface area contributed by atoms with Crippen LogP contribution in [0.25, 0.3) is 0 Å². The maximum Gasteiger partial charge on any atom is 0.326 e. The monoisotopic (exact) mass is 461 g/mol. The number of thiol groups is 1. The first-order valence-corrected chi connectivity index (χ1v) is 10.7. The molecule has 0 heterocycles. The molecule has 0 aromatic carbocycles. The summed E-state index contributed by atoms with van der Waals surface area (Å²) in [4.78, 5) is 59.7. The van der Waals surface area contributed by atoms with E-state index in [0.717, 1.165) is 0 Å². The van der Waals surface area contributed by atoms with Gasteiger partial charge in [-0.05, 0) is 24.7 Å². The Morgan fingerprint density at radius 1 is 0.903 bits per heavy atom. The third-order valence-electron chi connectivity index (χ3n) is 4.42. The van der Waals surface area contributed by atoms with Gasteiger partial charge < -0.3 is 32.5 Å². The fraction of sp³-hybridized carbons (Fsp3) is 0.737. The molecule has 0 aliphatic carbocycles. The molecule has 0 saturated heterocycles. The predicted octanol–water partition coefficient (Wildman–Crippen LogP) is -1.25. The number of primary amides is 1. The number of rotatable bonds is 14. The van der Waals surface area contributed by atoms with Crippen LogP contribution in [0.4, 0.5) is 0 Å². The second kappa shape index (κ2) is 13.9. The largest absolute Gasteiger partial charge is 0.480 e. The molecule has 4 unspecified atom stereocenters. The maximum absolute atomic E-state index is 12.7. The Hall–Kier alpha value is -2.34. The van der Waals surface area contributed by atoms with Crippen molar-refractivity contribution in [3.63, 3.8) is 0 Å². The quantitative estimate of drug-likeness (QED) is 0.157. The summed E-state index contributed by atoms with van der Waals surface area (Å²) in [7, 11) is 0. The first-order valence-electron chi connectivity index (χ1n) is 10.1. The number of aliphatic carboxylic acids is 1. The van der Waals surface area contributed by atoms with Gasteiger partial charge in [0.1, 0.15) is 18.1 Å². The van der Waals surface area contributed by atoms with Gasteiger partial charge in [0.2, 0.25) is 23.6 Å². The van der Waals surface area contributed by atoms with E-state index in [2.05, 4.69) is 28.6 Å². The van der Waals surface area contributed by atoms with Crippen molar-refractivity contribution in [2.45, 2.75) is 71.1 Å². The number of carboxylic acids is 1. The van der Waals surface area contributed by atoms with Crippen LogP contribution in [0, 0.1) is 11.8 Å². The van der Waals surface area contributed by atoms with Gasteiger partial charge in [0.15, 0.2) is 0 Å². The van der Waals surface area contributed by atoms with Crippen molar-refractivity contribution in [3.05, 3.63) is 0 Å². The zero-order valence-corrected chi connectivity index (χ0v) is 19.3. The highest BCUT2D eigenvalue weighted by molar-refractivity contribution is 7.80. The van der Waals surface area contributed by atoms with Crippen LogP contribution in [0.15, 0.2) is 0 Å². The standard InChI is InChI=1S/C19H35N5O6S/c1-9(2)7-12(17(27)24-15(10(3)4)19(29)30)22-18(28)13(8-31)23-16(26)11(20)5-6-14(21)25/h9-13,15,31H,5-8,20H2,1-4H3,(H2,21,25)(H,22,28)(H,23,26)(H,24,27)(H,29,30). The highest BCUT2D eigenvalue weighted by Gasteiger charge is 2.31. The highest BCUT2D eigenvalue weighted by Crippen LogP contribution is 2.08. The molecule has 178 valence electrons. The summed E-state index contributed by atoms with van der Waals surface area (Å²) in [6.07, 6.45) is 0.198. The minimum absolute atomic E-state index is 0.0182. The number of hydrogen-bond acceptors (Lipinski definition) is 7. The van der Waals surface area contributed by atoms with E-state index in [1.165, 1.54) is 0 Å². The first-order chi connectivity index (χ1) is 14.3. The van der Waals surface area contributed by atoms with Crippen molar-refractivity contribution in [2.24, 2.45) is 23.3 Å². The minimum atomic E-state index is -1.18. The molecule has 4 atom stereocenters. The Bertz CT molecular complexity index is 658. The molecule has 8 N–H and O–H groups in total. The van der Waals surface area contributed by atoms with Gasteiger partial charge in [0.25, 0.3) is 0 Å². The fourth-order valence-electron chi connectivity index (χ4n) is 2.64. The molecule has 0 rings (SSSR count). The molecule has 0 saturated carbocycles. The summed E-state index contributed by atoms with van der Waals surface area (Å²) in [5.41, 5.74) is 10.7. The lowest BCUT2D eigenvalue weighted by Crippen LogP contribution is -2.58. The lowest BCUT2D eigenvalue weighted by Gasteiger charge is -2.26. The smallest absolute Gasteiger partial charge is 0.326 e. The minimum Gasteiger partial charge on any atom is -0.480 e. The molecular weight excluding hydrogens is 426 g/mol. The molecule has 0 radical (unpaired) electrons. The Morgan fingerprint density at radius 2 is 1.42 bits per heavy atom. The van der Waals surface area contributed by atoms with Gasteiger partial charge in [0, 0.05) is 12.2 Å². The average molecular weight is 462 g/mol. The van der Waals surface area contributed by atoms with E-state index in [0.29, 0.717) is 0 Å². The summed E-state index contributed by atoms with van der Waals surface area (Å²) in [6.45, 7) is 7.00. The summed E-state index contributed by atoms with van der Waals surface area (Å²) in [6, 6.07) is -4.24. The van der Waals surface area contributed by atoms with Gasteiger partial charge in [-0.25, -0.2) is 4.79 Å². The van der Waals surface area contributed by atoms with Crippen LogP contribution in [0.2, 0.25) is 0 Å². The summed E-state index contributed by atoms with van der Waals surface area (Å²) in [5, 5.41) is 16.7. The predicted molar refractivity (Wildman–Crippen MR) is 118 cm³/mol. The second-order valence-electron chi connectivity index (χ2n) is 8.11. The van der Waals surface area contributed by atoms with E-state index in [4.69, 9.17) is 11.5 Å². The number of hydrogen-bond donors (Lipinski definition) is 7. The van der Waals surface area contributed by atoms with Gasteiger partial charge in [-0.1, -0.05) is 27.7 Å². The fourth-order valence-corrected chi connectivity index (χ4v) is 2.90. The molecular formula is C19H35N5O6S. The van der Waals surface area contributed by atoms with Gasteiger partial charge in [-0.2, -0.15) is 12.6 Å². The zero-order chi connectivity index (χ0) is 24.3. The average Bonchev–Trinajstić information content (AvgIpc) is 2.66. The summed E-state index contributed by atoms with van der Waals surface area (Å²) >= 11 is 4.07. The lowest BCUT2D eigenvalue weighted by atomic mass is 10.00. The van der Waals surface area contributed by atoms with Gasteiger partial charge in [-0.15, -0.1) is 0 Å². The number of nitrogens with two attached hydrogens (primary N) is 2. The van der Waals surface area contributed by atoms with Crippen molar-refractivity contribution < 1.29 is 29.1 Å². The van der Waals surface area contributed by atoms with E-state index in [-0.39, 0.29) is 36.9 Å². The Kier molecular flexibility index (Phi) is 12.8. The van der Waals surface area contributed by atoms with Crippen molar-refractivity contribution in [1.29, 1.82) is 0 Å². The van der Waals surface area contributed by atoms with Gasteiger partial charge >= 0.3 is 5.97 Å². The van der Waals surface area contributed by atoms with E-state index in [9.17, 15) is 29.1 Å². The van der Waals surface area contributed by atoms with Crippen LogP contribution in [-0.2, 0) is 24.0 Å². The molecule has 0 spiro atoms. The number of carboxylic acid groups (broad SMARTS) is 1. The molecule has 12 heteroatoms. The SMILES string of the molecule is CC(C)CC(NC(=O)C(CS)NC(=O)C(N)CCC(N)=O)C(=O)NC(C(=O)O)C(C)C. The molecule has 4 amide bonds. The third kappa shape index (κ3) is 11.0. The number of carbonyl (C=O) groups excluding carboxylic acids is 4. The molecule has 0 fully saturated rings. The summed E-state index contributed by atoms with van der Waals surface area (Å²) in [5.74, 6) is -4.15. The molecule has 11 nitrogen and oxygen atoms in total. The highest BCUT2D eigenvalue weighted by atomic mass is 32.1. The van der Waals surface area contributed by atoms with E-state index < -0.39 is 53.8 Å². The molecule has 0 aliphatic rings. The number of carbonyl (C=O) groups is 5. The van der Waals surface area contributed by atoms with E-state index in [1.807, 2.05) is 13.8 Å². The maximum atomic E-state index is 12.7. The van der Waals surface area contributed by atoms with E-state index in [1.54, 1.807) is 13.8 Å². The van der Waals surface area contributed by atoms with Crippen LogP contribution in [-0.4, -0.2) is 64.6 Å². The van der Waals surface area contributed by atoms with Crippen LogP contribution in [0.5, 0.6) is 0 Å². The van der Waals surface area contributed by atoms with E-state index >= 15 is 0 Å². The van der Waals surface area contributed by atoms with Crippen LogP contribution in [0.1, 0.15) is 47.0 Å². The van der Waals surface area contributed by atoms with Gasteiger partial charge in [-0.3, -0.25) is 19.2 Å². The first kappa shape index (κ1) is 28.7. The zero-order valence-electron chi connectivity index (χ0n) is 18.4. The Labute approximate surface area is 187 Å². The second-order valence-corrected chi connectivity index (χ2v) is 8.48. The third-order valence-corrected chi connectivity index (χ3v) is 4.79. The Morgan fingerprint density at radius 3 is 1.84 bits per heavy atom. The number of nitrogens with one attached hydrogen (secondary N) is 3. The topological polar surface area (TPSA) is 194 Å². The van der Waals surface area contributed by atoms with Crippen LogP contribution >= 0.6 is 12.6 Å². The van der Waals surface area contributed by atoms with Crippen molar-refractivity contribution in [3.8, 4) is 0 Å². The molecule has 0 aromatic heterocycles. The normalized spacial score (nSPS) is 15.0. The van der Waals surface area contributed by atoms with Crippen LogP contribution < -0.4 is 27.4 Å². The molecule has 0 aromatic rings. The Balaban J connectivity index is 5.21. The van der Waals surface area contributed by atoms with Crippen molar-refractivity contribution >= 4 is 42.2 Å². The summed E-state index contributed by atoms with van der Waals surface area (Å²) < 4.78 is 0. The molecule has 0 bridgehead atoms. The van der Waals surface area contributed by atoms with Crippen LogP contribution in [0.3, 0.4) is 0 Å². The van der Waals surface area contributed by atoms with Gasteiger partial charge in [0.05, 0.1) is 6.04 Å². The molecule has 31 heavy (non-hydrogen) atoms. The number of amides is 4. The lowest BCUT2D eigenvalue weighted by molar-refractivity contribution is -0.143. The van der Waals surface area contributed by atoms with Crippen molar-refractivity contribution in [2.75, 3.05) is 5.75 Å². The molecule has 0 aliphatic heterocycles. The van der Waals surface area contributed by atoms with Crippen molar-refractivity contribution in [1.82, 2.24) is 16.0 Å².